The largest absolute Gasteiger partial charge is 0.351 e. The van der Waals surface area contributed by atoms with E-state index in [2.05, 4.69) is 51.8 Å². The number of carbonyl (C=O) groups is 1. The fourth-order valence-corrected chi connectivity index (χ4v) is 3.74. The van der Waals surface area contributed by atoms with E-state index in [4.69, 9.17) is 0 Å². The molecule has 1 aliphatic rings. The Morgan fingerprint density at radius 1 is 1.13 bits per heavy atom. The molecule has 1 atom stereocenters. The fourth-order valence-electron chi connectivity index (χ4n) is 3.38. The minimum Gasteiger partial charge on any atom is -0.351 e. The van der Waals surface area contributed by atoms with Crippen LogP contribution in [-0.4, -0.2) is 22.3 Å². The summed E-state index contributed by atoms with van der Waals surface area (Å²) in [7, 11) is 0. The van der Waals surface area contributed by atoms with Gasteiger partial charge in [0.15, 0.2) is 0 Å². The van der Waals surface area contributed by atoms with Crippen LogP contribution in [0.1, 0.15) is 34.9 Å². The van der Waals surface area contributed by atoms with Crippen molar-refractivity contribution in [3.8, 4) is 0 Å². The summed E-state index contributed by atoms with van der Waals surface area (Å²) in [5.41, 5.74) is 2.93. The number of rotatable bonds is 2. The standard InChI is InChI=1S/C19H17IN2O/c20-15-9-7-13(8-10-15)18-6-3-11-22(18)19(23)17-12-14-4-1-2-5-16(14)21-17/h1-2,4-5,7-10,12,18,21H,3,6,11H2/t18-/m1/s1. The van der Waals surface area contributed by atoms with Crippen LogP contribution in [0.4, 0.5) is 0 Å². The summed E-state index contributed by atoms with van der Waals surface area (Å²) in [6, 6.07) is 18.7. The molecule has 3 aromatic rings. The van der Waals surface area contributed by atoms with Gasteiger partial charge in [0.25, 0.3) is 5.91 Å². The molecule has 116 valence electrons. The number of H-pyrrole nitrogens is 1. The van der Waals surface area contributed by atoms with E-state index in [0.717, 1.165) is 30.3 Å². The fraction of sp³-hybridized carbons (Fsp3) is 0.211. The molecule has 1 amide bonds. The Kier molecular flexibility index (Phi) is 3.85. The second kappa shape index (κ2) is 6.00. The lowest BCUT2D eigenvalue weighted by Gasteiger charge is -2.24. The van der Waals surface area contributed by atoms with E-state index < -0.39 is 0 Å². The minimum absolute atomic E-state index is 0.0993. The molecule has 0 aliphatic carbocycles. The van der Waals surface area contributed by atoms with Crippen molar-refractivity contribution in [2.45, 2.75) is 18.9 Å². The van der Waals surface area contributed by atoms with E-state index in [1.54, 1.807) is 0 Å². The van der Waals surface area contributed by atoms with Crippen LogP contribution in [0.2, 0.25) is 0 Å². The Hall–Kier alpha value is -1.82. The van der Waals surface area contributed by atoms with Gasteiger partial charge in [-0.3, -0.25) is 4.79 Å². The van der Waals surface area contributed by atoms with Crippen LogP contribution in [0.25, 0.3) is 10.9 Å². The lowest BCUT2D eigenvalue weighted by Crippen LogP contribution is -2.30. The van der Waals surface area contributed by atoms with Crippen molar-refractivity contribution in [1.29, 1.82) is 0 Å². The van der Waals surface area contributed by atoms with E-state index in [-0.39, 0.29) is 11.9 Å². The maximum Gasteiger partial charge on any atom is 0.270 e. The molecule has 3 nitrogen and oxygen atoms in total. The molecule has 1 aromatic heterocycles. The number of benzene rings is 2. The van der Waals surface area contributed by atoms with Gasteiger partial charge in [-0.1, -0.05) is 30.3 Å². The van der Waals surface area contributed by atoms with Gasteiger partial charge in [-0.25, -0.2) is 0 Å². The second-order valence-electron chi connectivity index (χ2n) is 5.98. The first kappa shape index (κ1) is 14.8. The zero-order chi connectivity index (χ0) is 15.8. The smallest absolute Gasteiger partial charge is 0.270 e. The average Bonchev–Trinajstić information content (AvgIpc) is 3.21. The quantitative estimate of drug-likeness (QED) is 0.602. The third-order valence-electron chi connectivity index (χ3n) is 4.53. The molecule has 0 saturated carbocycles. The first-order valence-electron chi connectivity index (χ1n) is 7.86. The van der Waals surface area contributed by atoms with Crippen molar-refractivity contribution in [3.05, 3.63) is 69.4 Å². The van der Waals surface area contributed by atoms with Crippen LogP contribution >= 0.6 is 22.6 Å². The molecule has 4 rings (SSSR count). The van der Waals surface area contributed by atoms with Gasteiger partial charge in [0.1, 0.15) is 5.69 Å². The number of aromatic amines is 1. The molecule has 1 fully saturated rings. The van der Waals surface area contributed by atoms with E-state index in [1.165, 1.54) is 9.13 Å². The predicted octanol–water partition coefficient (Wildman–Crippen LogP) is 4.75. The molecule has 0 unspecified atom stereocenters. The Morgan fingerprint density at radius 3 is 2.70 bits per heavy atom. The van der Waals surface area contributed by atoms with Crippen LogP contribution in [0.5, 0.6) is 0 Å². The van der Waals surface area contributed by atoms with E-state index in [9.17, 15) is 4.79 Å². The number of fused-ring (bicyclic) bond motifs is 1. The minimum atomic E-state index is 0.0993. The Balaban J connectivity index is 1.65. The topological polar surface area (TPSA) is 36.1 Å². The average molecular weight is 416 g/mol. The molecule has 23 heavy (non-hydrogen) atoms. The van der Waals surface area contributed by atoms with Gasteiger partial charge in [0.05, 0.1) is 6.04 Å². The number of hydrogen-bond donors (Lipinski definition) is 1. The van der Waals surface area contributed by atoms with Crippen molar-refractivity contribution in [3.63, 3.8) is 0 Å². The van der Waals surface area contributed by atoms with E-state index in [1.807, 2.05) is 35.2 Å². The molecule has 0 bridgehead atoms. The Bertz CT molecular complexity index is 820. The van der Waals surface area contributed by atoms with Crippen LogP contribution in [0.15, 0.2) is 54.6 Å². The first-order valence-corrected chi connectivity index (χ1v) is 8.94. The van der Waals surface area contributed by atoms with Gasteiger partial charge in [0.2, 0.25) is 0 Å². The van der Waals surface area contributed by atoms with Crippen LogP contribution in [-0.2, 0) is 0 Å². The summed E-state index contributed by atoms with van der Waals surface area (Å²) in [5, 5.41) is 1.08. The van der Waals surface area contributed by atoms with Crippen molar-refractivity contribution >= 4 is 39.4 Å². The zero-order valence-corrected chi connectivity index (χ0v) is 14.8. The molecule has 1 aliphatic heterocycles. The number of hydrogen-bond acceptors (Lipinski definition) is 1. The molecule has 0 spiro atoms. The van der Waals surface area contributed by atoms with Gasteiger partial charge in [-0.2, -0.15) is 0 Å². The van der Waals surface area contributed by atoms with Crippen LogP contribution in [0.3, 0.4) is 0 Å². The van der Waals surface area contributed by atoms with E-state index in [0.29, 0.717) is 5.69 Å². The van der Waals surface area contributed by atoms with Gasteiger partial charge in [-0.15, -0.1) is 0 Å². The monoisotopic (exact) mass is 416 g/mol. The molecule has 0 radical (unpaired) electrons. The summed E-state index contributed by atoms with van der Waals surface area (Å²) < 4.78 is 1.22. The maximum atomic E-state index is 13.0. The SMILES string of the molecule is O=C(c1cc2ccccc2[nH]1)N1CCC[C@@H]1c1ccc(I)cc1. The number of amides is 1. The molecular formula is C19H17IN2O. The van der Waals surface area contributed by atoms with Gasteiger partial charge in [-0.05, 0) is 65.3 Å². The number of halogens is 1. The van der Waals surface area contributed by atoms with Crippen LogP contribution < -0.4 is 0 Å². The zero-order valence-electron chi connectivity index (χ0n) is 12.6. The molecule has 1 saturated heterocycles. The number of likely N-dealkylation sites (tertiary alicyclic amines) is 1. The highest BCUT2D eigenvalue weighted by atomic mass is 127. The Labute approximate surface area is 148 Å². The predicted molar refractivity (Wildman–Crippen MR) is 100 cm³/mol. The highest BCUT2D eigenvalue weighted by molar-refractivity contribution is 14.1. The third-order valence-corrected chi connectivity index (χ3v) is 5.25. The van der Waals surface area contributed by atoms with Crippen molar-refractivity contribution in [2.24, 2.45) is 0 Å². The lowest BCUT2D eigenvalue weighted by molar-refractivity contribution is 0.0730. The van der Waals surface area contributed by atoms with Crippen LogP contribution in [0, 0.1) is 3.57 Å². The number of nitrogens with zero attached hydrogens (tertiary/aromatic N) is 1. The molecule has 4 heteroatoms. The number of nitrogens with one attached hydrogen (secondary N) is 1. The molecular weight excluding hydrogens is 399 g/mol. The number of aromatic nitrogens is 1. The molecule has 2 aromatic carbocycles. The molecule has 1 N–H and O–H groups in total. The van der Waals surface area contributed by atoms with Gasteiger partial charge in [0, 0.05) is 21.0 Å². The summed E-state index contributed by atoms with van der Waals surface area (Å²) >= 11 is 2.31. The highest BCUT2D eigenvalue weighted by Gasteiger charge is 2.31. The summed E-state index contributed by atoms with van der Waals surface area (Å²) in [4.78, 5) is 18.2. The second-order valence-corrected chi connectivity index (χ2v) is 7.22. The summed E-state index contributed by atoms with van der Waals surface area (Å²) in [5.74, 6) is 0.0993. The summed E-state index contributed by atoms with van der Waals surface area (Å²) in [6.07, 6.45) is 2.09. The van der Waals surface area contributed by atoms with Crippen molar-refractivity contribution in [1.82, 2.24) is 9.88 Å². The lowest BCUT2D eigenvalue weighted by atomic mass is 10.0. The Morgan fingerprint density at radius 2 is 1.91 bits per heavy atom. The maximum absolute atomic E-state index is 13.0. The van der Waals surface area contributed by atoms with Gasteiger partial charge >= 0.3 is 0 Å². The number of carbonyl (C=O) groups excluding carboxylic acids is 1. The highest BCUT2D eigenvalue weighted by Crippen LogP contribution is 2.33. The van der Waals surface area contributed by atoms with Crippen molar-refractivity contribution < 1.29 is 4.79 Å². The van der Waals surface area contributed by atoms with E-state index >= 15 is 0 Å². The van der Waals surface area contributed by atoms with Gasteiger partial charge < -0.3 is 9.88 Å². The number of para-hydroxylation sites is 1. The van der Waals surface area contributed by atoms with Crippen molar-refractivity contribution in [2.75, 3.05) is 6.54 Å². The summed E-state index contributed by atoms with van der Waals surface area (Å²) in [6.45, 7) is 0.824. The molecule has 2 heterocycles. The first-order chi connectivity index (χ1) is 11.2. The normalized spacial score (nSPS) is 17.8. The third kappa shape index (κ3) is 2.76.